The van der Waals surface area contributed by atoms with Crippen LogP contribution < -0.4 is 9.47 Å². The molecule has 1 aromatic carbocycles. The van der Waals surface area contributed by atoms with E-state index in [0.717, 1.165) is 22.0 Å². The Balaban J connectivity index is 1.99. The van der Waals surface area contributed by atoms with Crippen molar-refractivity contribution in [2.75, 3.05) is 13.2 Å². The van der Waals surface area contributed by atoms with E-state index < -0.39 is 6.10 Å². The van der Waals surface area contributed by atoms with Gasteiger partial charge < -0.3 is 14.6 Å². The largest absolute Gasteiger partial charge is 0.490 e. The first-order chi connectivity index (χ1) is 9.75. The lowest BCUT2D eigenvalue weighted by atomic mass is 10.0. The molecule has 1 atom stereocenters. The van der Waals surface area contributed by atoms with Gasteiger partial charge in [-0.3, -0.25) is 4.98 Å². The molecule has 4 nitrogen and oxygen atoms in total. The second-order valence-electron chi connectivity index (χ2n) is 4.57. The fraction of sp³-hybridized carbons (Fsp3) is 0.267. The molecule has 0 aliphatic carbocycles. The van der Waals surface area contributed by atoms with Crippen LogP contribution in [0.2, 0.25) is 0 Å². The zero-order valence-corrected chi connectivity index (χ0v) is 12.3. The second kappa shape index (κ2) is 5.81. The Labute approximate surface area is 125 Å². The smallest absolute Gasteiger partial charge is 0.175 e. The topological polar surface area (TPSA) is 51.6 Å². The van der Waals surface area contributed by atoms with Crippen molar-refractivity contribution >= 4 is 15.9 Å². The van der Waals surface area contributed by atoms with Gasteiger partial charge in [0.2, 0.25) is 0 Å². The lowest BCUT2D eigenvalue weighted by Gasteiger charge is -2.15. The summed E-state index contributed by atoms with van der Waals surface area (Å²) in [7, 11) is 0. The summed E-state index contributed by atoms with van der Waals surface area (Å²) in [4.78, 5) is 4.03. The molecule has 1 aromatic heterocycles. The molecule has 1 unspecified atom stereocenters. The van der Waals surface area contributed by atoms with E-state index in [1.807, 2.05) is 18.2 Å². The van der Waals surface area contributed by atoms with Gasteiger partial charge in [0.1, 0.15) is 6.10 Å². The fourth-order valence-corrected chi connectivity index (χ4v) is 2.71. The molecule has 20 heavy (non-hydrogen) atoms. The number of hydrogen-bond acceptors (Lipinski definition) is 4. The van der Waals surface area contributed by atoms with Crippen LogP contribution in [0.15, 0.2) is 41.1 Å². The molecule has 104 valence electrons. The molecular weight excluding hydrogens is 322 g/mol. The third-order valence-electron chi connectivity index (χ3n) is 3.14. The summed E-state index contributed by atoms with van der Waals surface area (Å²) >= 11 is 3.48. The number of rotatable bonds is 2. The fourth-order valence-electron chi connectivity index (χ4n) is 2.14. The summed E-state index contributed by atoms with van der Waals surface area (Å²) < 4.78 is 12.1. The Morgan fingerprint density at radius 1 is 1.20 bits per heavy atom. The maximum Gasteiger partial charge on any atom is 0.175 e. The van der Waals surface area contributed by atoms with Crippen LogP contribution in [0.5, 0.6) is 11.5 Å². The van der Waals surface area contributed by atoms with Crippen LogP contribution >= 0.6 is 15.9 Å². The molecule has 2 aromatic rings. The van der Waals surface area contributed by atoms with Gasteiger partial charge in [-0.2, -0.15) is 0 Å². The standard InChI is InChI=1S/C15H14BrNO3/c16-12-7-11(14(18)10-3-1-4-17-9-10)8-13-15(12)20-6-2-5-19-13/h1,3-4,7-9,14,18H,2,5-6H2. The molecule has 1 N–H and O–H groups in total. The average molecular weight is 336 g/mol. The third-order valence-corrected chi connectivity index (χ3v) is 3.73. The van der Waals surface area contributed by atoms with Gasteiger partial charge in [0.05, 0.1) is 17.7 Å². The predicted octanol–water partition coefficient (Wildman–Crippen LogP) is 3.09. The van der Waals surface area contributed by atoms with Crippen LogP contribution in [0.4, 0.5) is 0 Å². The van der Waals surface area contributed by atoms with Crippen molar-refractivity contribution in [1.29, 1.82) is 0 Å². The van der Waals surface area contributed by atoms with E-state index in [1.54, 1.807) is 18.5 Å². The van der Waals surface area contributed by atoms with E-state index in [9.17, 15) is 5.11 Å². The highest BCUT2D eigenvalue weighted by molar-refractivity contribution is 9.10. The number of hydrogen-bond donors (Lipinski definition) is 1. The quantitative estimate of drug-likeness (QED) is 0.916. The summed E-state index contributed by atoms with van der Waals surface area (Å²) in [5.41, 5.74) is 1.49. The van der Waals surface area contributed by atoms with Gasteiger partial charge in [-0.15, -0.1) is 0 Å². The summed E-state index contributed by atoms with van der Waals surface area (Å²) in [6, 6.07) is 7.32. The highest BCUT2D eigenvalue weighted by Gasteiger charge is 2.19. The summed E-state index contributed by atoms with van der Waals surface area (Å²) in [6.07, 6.45) is 3.45. The van der Waals surface area contributed by atoms with Crippen LogP contribution in [0.3, 0.4) is 0 Å². The molecular formula is C15H14BrNO3. The first-order valence-corrected chi connectivity index (χ1v) is 7.22. The molecule has 3 rings (SSSR count). The Kier molecular flexibility index (Phi) is 3.89. The van der Waals surface area contributed by atoms with Gasteiger partial charge in [0, 0.05) is 24.4 Å². The predicted molar refractivity (Wildman–Crippen MR) is 78.0 cm³/mol. The third kappa shape index (κ3) is 2.64. The molecule has 2 heterocycles. The van der Waals surface area contributed by atoms with E-state index in [-0.39, 0.29) is 0 Å². The minimum atomic E-state index is -0.739. The molecule has 0 radical (unpaired) electrons. The van der Waals surface area contributed by atoms with Crippen molar-refractivity contribution in [3.63, 3.8) is 0 Å². The van der Waals surface area contributed by atoms with E-state index in [0.29, 0.717) is 24.7 Å². The van der Waals surface area contributed by atoms with Crippen molar-refractivity contribution in [2.45, 2.75) is 12.5 Å². The summed E-state index contributed by atoms with van der Waals surface area (Å²) in [5, 5.41) is 10.4. The molecule has 1 aliphatic rings. The number of aliphatic hydroxyl groups is 1. The average Bonchev–Trinajstić information content (AvgIpc) is 2.73. The van der Waals surface area contributed by atoms with Crippen LogP contribution in [-0.2, 0) is 0 Å². The molecule has 0 spiro atoms. The first-order valence-electron chi connectivity index (χ1n) is 6.43. The molecule has 5 heteroatoms. The Hall–Kier alpha value is -1.59. The number of nitrogens with zero attached hydrogens (tertiary/aromatic N) is 1. The molecule has 0 bridgehead atoms. The van der Waals surface area contributed by atoms with E-state index in [1.165, 1.54) is 0 Å². The lowest BCUT2D eigenvalue weighted by Crippen LogP contribution is -2.02. The number of ether oxygens (including phenoxy) is 2. The Morgan fingerprint density at radius 2 is 2.05 bits per heavy atom. The number of aliphatic hydroxyl groups excluding tert-OH is 1. The Morgan fingerprint density at radius 3 is 2.85 bits per heavy atom. The molecule has 1 aliphatic heterocycles. The monoisotopic (exact) mass is 335 g/mol. The van der Waals surface area contributed by atoms with Crippen LogP contribution in [0.1, 0.15) is 23.7 Å². The minimum absolute atomic E-state index is 0.617. The maximum atomic E-state index is 10.4. The number of benzene rings is 1. The molecule has 0 amide bonds. The second-order valence-corrected chi connectivity index (χ2v) is 5.42. The normalized spacial score (nSPS) is 15.5. The van der Waals surface area contributed by atoms with E-state index in [4.69, 9.17) is 9.47 Å². The van der Waals surface area contributed by atoms with Crippen LogP contribution in [0, 0.1) is 0 Å². The van der Waals surface area contributed by atoms with Gasteiger partial charge in [-0.1, -0.05) is 6.07 Å². The number of fused-ring (bicyclic) bond motifs is 1. The first kappa shape index (κ1) is 13.4. The van der Waals surface area contributed by atoms with Crippen LogP contribution in [0.25, 0.3) is 0 Å². The highest BCUT2D eigenvalue weighted by atomic mass is 79.9. The lowest BCUT2D eigenvalue weighted by molar-refractivity contribution is 0.219. The molecule has 0 saturated heterocycles. The van der Waals surface area contributed by atoms with E-state index >= 15 is 0 Å². The van der Waals surface area contributed by atoms with Crippen molar-refractivity contribution in [1.82, 2.24) is 4.98 Å². The van der Waals surface area contributed by atoms with E-state index in [2.05, 4.69) is 20.9 Å². The van der Waals surface area contributed by atoms with Gasteiger partial charge in [-0.25, -0.2) is 0 Å². The zero-order chi connectivity index (χ0) is 13.9. The number of aromatic nitrogens is 1. The minimum Gasteiger partial charge on any atom is -0.490 e. The van der Waals surface area contributed by atoms with Crippen molar-refractivity contribution in [3.8, 4) is 11.5 Å². The SMILES string of the molecule is OC(c1cccnc1)c1cc(Br)c2c(c1)OCCCO2. The molecule has 0 saturated carbocycles. The van der Waals surface area contributed by atoms with Crippen molar-refractivity contribution in [3.05, 3.63) is 52.3 Å². The van der Waals surface area contributed by atoms with Gasteiger partial charge in [0.25, 0.3) is 0 Å². The molecule has 0 fully saturated rings. The van der Waals surface area contributed by atoms with Gasteiger partial charge >= 0.3 is 0 Å². The zero-order valence-electron chi connectivity index (χ0n) is 10.8. The Bertz CT molecular complexity index is 604. The van der Waals surface area contributed by atoms with Crippen molar-refractivity contribution < 1.29 is 14.6 Å². The van der Waals surface area contributed by atoms with Crippen molar-refractivity contribution in [2.24, 2.45) is 0 Å². The maximum absolute atomic E-state index is 10.4. The highest BCUT2D eigenvalue weighted by Crippen LogP contribution is 2.40. The van der Waals surface area contributed by atoms with Gasteiger partial charge in [0.15, 0.2) is 11.5 Å². The summed E-state index contributed by atoms with van der Waals surface area (Å²) in [5.74, 6) is 1.36. The van der Waals surface area contributed by atoms with Crippen LogP contribution in [-0.4, -0.2) is 23.3 Å². The van der Waals surface area contributed by atoms with Gasteiger partial charge in [-0.05, 0) is 39.7 Å². The number of halogens is 1. The summed E-state index contributed by atoms with van der Waals surface area (Å²) in [6.45, 7) is 1.25. The number of pyridine rings is 1.